The number of hydrogen-bond donors (Lipinski definition) is 0. The predicted molar refractivity (Wildman–Crippen MR) is 107 cm³/mol. The second-order valence-corrected chi connectivity index (χ2v) is 9.23. The first kappa shape index (κ1) is 19.2. The van der Waals surface area contributed by atoms with Crippen molar-refractivity contribution in [2.24, 2.45) is 17.3 Å². The van der Waals surface area contributed by atoms with Gasteiger partial charge in [-0.2, -0.15) is 0 Å². The van der Waals surface area contributed by atoms with E-state index in [4.69, 9.17) is 9.47 Å². The van der Waals surface area contributed by atoms with E-state index in [0.717, 1.165) is 38.5 Å². The first-order valence-corrected chi connectivity index (χ1v) is 10.4. The largest absolute Gasteiger partial charge is 0.463 e. The Hall–Kier alpha value is -2.10. The lowest BCUT2D eigenvalue weighted by Gasteiger charge is -2.55. The zero-order chi connectivity index (χ0) is 20.1. The van der Waals surface area contributed by atoms with Gasteiger partial charge in [0, 0.05) is 19.3 Å². The average molecular weight is 383 g/mol. The Kier molecular flexibility index (Phi) is 4.64. The first-order valence-electron chi connectivity index (χ1n) is 10.4. The van der Waals surface area contributed by atoms with Gasteiger partial charge in [-0.1, -0.05) is 19.1 Å². The molecule has 4 nitrogen and oxygen atoms in total. The molecule has 0 amide bonds. The number of hydrogen-bond acceptors (Lipinski definition) is 4. The molecule has 0 heterocycles. The van der Waals surface area contributed by atoms with E-state index in [1.807, 2.05) is 12.1 Å². The summed E-state index contributed by atoms with van der Waals surface area (Å²) < 4.78 is 10.9. The molecule has 3 aliphatic carbocycles. The van der Waals surface area contributed by atoms with Gasteiger partial charge in [-0.05, 0) is 79.0 Å². The number of fused-ring (bicyclic) bond motifs is 5. The van der Waals surface area contributed by atoms with Crippen molar-refractivity contribution in [3.63, 3.8) is 0 Å². The summed E-state index contributed by atoms with van der Waals surface area (Å²) in [4.78, 5) is 22.8. The number of allylic oxidation sites excluding steroid dienone is 1. The van der Waals surface area contributed by atoms with Gasteiger partial charge in [0.25, 0.3) is 0 Å². The van der Waals surface area contributed by atoms with Crippen molar-refractivity contribution in [3.8, 4) is 5.75 Å². The topological polar surface area (TPSA) is 52.6 Å². The van der Waals surface area contributed by atoms with Crippen LogP contribution in [0.4, 0.5) is 0 Å². The molecule has 2 unspecified atom stereocenters. The van der Waals surface area contributed by atoms with Gasteiger partial charge < -0.3 is 9.47 Å². The summed E-state index contributed by atoms with van der Waals surface area (Å²) in [5.41, 5.74) is 2.80. The van der Waals surface area contributed by atoms with Gasteiger partial charge in [-0.15, -0.1) is 6.58 Å². The predicted octanol–water partition coefficient (Wildman–Crippen LogP) is 4.74. The highest BCUT2D eigenvalue weighted by Crippen LogP contribution is 2.64. The van der Waals surface area contributed by atoms with E-state index < -0.39 is 0 Å². The standard InChI is InChI=1S/C24H30O4/c1-5-24-11-10-23(4)14-19(28-16(3)26)13-22(23)21(24)8-6-17-12-18(27-15(2)25)7-9-20(17)24/h5,7,9,12,19,21-22H,1,6,8,10-11,13-14H2,2-4H3/t19?,21-,22-,23+,24?/m0/s1. The number of benzene rings is 1. The third-order valence-electron chi connectivity index (χ3n) is 7.62. The molecular formula is C24H30O4. The Balaban J connectivity index is 1.68. The summed E-state index contributed by atoms with van der Waals surface area (Å²) in [6, 6.07) is 6.09. The molecule has 1 aromatic carbocycles. The number of aryl methyl sites for hydroxylation is 1. The molecule has 28 heavy (non-hydrogen) atoms. The Morgan fingerprint density at radius 3 is 2.64 bits per heavy atom. The number of rotatable bonds is 3. The lowest BCUT2D eigenvalue weighted by molar-refractivity contribution is -0.146. The minimum Gasteiger partial charge on any atom is -0.463 e. The summed E-state index contributed by atoms with van der Waals surface area (Å²) in [6.45, 7) is 9.59. The molecule has 0 N–H and O–H groups in total. The molecule has 0 spiro atoms. The van der Waals surface area contributed by atoms with Crippen LogP contribution in [0.15, 0.2) is 30.9 Å². The Labute approximate surface area is 167 Å². The van der Waals surface area contributed by atoms with Gasteiger partial charge in [0.05, 0.1) is 0 Å². The second kappa shape index (κ2) is 6.75. The van der Waals surface area contributed by atoms with Gasteiger partial charge in [0.1, 0.15) is 11.9 Å². The number of carbonyl (C=O) groups excluding carboxylic acids is 2. The monoisotopic (exact) mass is 382 g/mol. The van der Waals surface area contributed by atoms with Crippen LogP contribution >= 0.6 is 0 Å². The molecule has 4 heteroatoms. The van der Waals surface area contributed by atoms with E-state index in [1.165, 1.54) is 25.0 Å². The minimum absolute atomic E-state index is 0.0425. The lowest BCUT2D eigenvalue weighted by atomic mass is 9.49. The summed E-state index contributed by atoms with van der Waals surface area (Å²) in [5.74, 6) is 1.21. The summed E-state index contributed by atoms with van der Waals surface area (Å²) in [7, 11) is 0. The van der Waals surface area contributed by atoms with Gasteiger partial charge in [0.15, 0.2) is 0 Å². The van der Waals surface area contributed by atoms with Crippen LogP contribution in [0.2, 0.25) is 0 Å². The highest BCUT2D eigenvalue weighted by Gasteiger charge is 2.58. The molecule has 0 bridgehead atoms. The normalized spacial score (nSPS) is 35.9. The van der Waals surface area contributed by atoms with E-state index in [1.54, 1.807) is 0 Å². The lowest BCUT2D eigenvalue weighted by Crippen LogP contribution is -2.49. The highest BCUT2D eigenvalue weighted by molar-refractivity contribution is 5.69. The maximum absolute atomic E-state index is 11.5. The van der Waals surface area contributed by atoms with Crippen molar-refractivity contribution in [2.45, 2.75) is 70.8 Å². The van der Waals surface area contributed by atoms with Crippen molar-refractivity contribution in [1.82, 2.24) is 0 Å². The van der Waals surface area contributed by atoms with Crippen molar-refractivity contribution >= 4 is 11.9 Å². The maximum atomic E-state index is 11.5. The van der Waals surface area contributed by atoms with Crippen molar-refractivity contribution in [3.05, 3.63) is 42.0 Å². The van der Waals surface area contributed by atoms with E-state index in [2.05, 4.69) is 25.6 Å². The van der Waals surface area contributed by atoms with Gasteiger partial charge in [-0.3, -0.25) is 9.59 Å². The van der Waals surface area contributed by atoms with Crippen molar-refractivity contribution < 1.29 is 19.1 Å². The van der Waals surface area contributed by atoms with E-state index in [9.17, 15) is 9.59 Å². The van der Waals surface area contributed by atoms with Gasteiger partial charge >= 0.3 is 11.9 Å². The van der Waals surface area contributed by atoms with Crippen LogP contribution in [-0.4, -0.2) is 18.0 Å². The molecule has 4 rings (SSSR count). The first-order chi connectivity index (χ1) is 13.3. The third kappa shape index (κ3) is 2.98. The SMILES string of the molecule is C=CC12CC[C@]3(C)CC(OC(C)=O)C[C@H]3[C@@H]1CCc1cc(OC(C)=O)ccc12. The van der Waals surface area contributed by atoms with Crippen LogP contribution in [0.1, 0.15) is 64.0 Å². The highest BCUT2D eigenvalue weighted by atomic mass is 16.5. The molecule has 2 saturated carbocycles. The Morgan fingerprint density at radius 2 is 1.96 bits per heavy atom. The van der Waals surface area contributed by atoms with Crippen LogP contribution in [0, 0.1) is 17.3 Å². The van der Waals surface area contributed by atoms with Crippen LogP contribution < -0.4 is 4.74 Å². The molecule has 0 saturated heterocycles. The Morgan fingerprint density at radius 1 is 1.18 bits per heavy atom. The summed E-state index contributed by atoms with van der Waals surface area (Å²) in [5, 5.41) is 0. The van der Waals surface area contributed by atoms with Crippen LogP contribution in [0.5, 0.6) is 5.75 Å². The number of carbonyl (C=O) groups is 2. The third-order valence-corrected chi connectivity index (χ3v) is 7.62. The van der Waals surface area contributed by atoms with E-state index in [0.29, 0.717) is 17.6 Å². The maximum Gasteiger partial charge on any atom is 0.308 e. The fraction of sp³-hybridized carbons (Fsp3) is 0.583. The minimum atomic E-state index is -0.289. The van der Waals surface area contributed by atoms with Gasteiger partial charge in [-0.25, -0.2) is 0 Å². The molecule has 1 aromatic rings. The zero-order valence-corrected chi connectivity index (χ0v) is 17.1. The summed E-state index contributed by atoms with van der Waals surface area (Å²) in [6.07, 6.45) is 8.40. The molecule has 2 fully saturated rings. The molecule has 5 atom stereocenters. The molecule has 0 aliphatic heterocycles. The summed E-state index contributed by atoms with van der Waals surface area (Å²) >= 11 is 0. The zero-order valence-electron chi connectivity index (χ0n) is 17.1. The average Bonchev–Trinajstić information content (AvgIpc) is 2.95. The number of esters is 2. The molecular weight excluding hydrogens is 352 g/mol. The molecule has 0 radical (unpaired) electrons. The second-order valence-electron chi connectivity index (χ2n) is 9.23. The molecule has 3 aliphatic rings. The van der Waals surface area contributed by atoms with E-state index >= 15 is 0 Å². The van der Waals surface area contributed by atoms with Crippen LogP contribution in [0.25, 0.3) is 0 Å². The fourth-order valence-electron chi connectivity index (χ4n) is 6.55. The molecule has 0 aromatic heterocycles. The van der Waals surface area contributed by atoms with Gasteiger partial charge in [0.2, 0.25) is 0 Å². The number of ether oxygens (including phenoxy) is 2. The van der Waals surface area contributed by atoms with Crippen LogP contribution in [-0.2, 0) is 26.2 Å². The Bertz CT molecular complexity index is 828. The van der Waals surface area contributed by atoms with E-state index in [-0.39, 0.29) is 28.9 Å². The smallest absolute Gasteiger partial charge is 0.308 e. The molecule has 150 valence electrons. The van der Waals surface area contributed by atoms with Crippen molar-refractivity contribution in [1.29, 1.82) is 0 Å². The quantitative estimate of drug-likeness (QED) is 0.430. The fourth-order valence-corrected chi connectivity index (χ4v) is 6.55. The van der Waals surface area contributed by atoms with Crippen molar-refractivity contribution in [2.75, 3.05) is 0 Å². The van der Waals surface area contributed by atoms with Crippen LogP contribution in [0.3, 0.4) is 0 Å².